The zero-order valence-electron chi connectivity index (χ0n) is 11.7. The Balaban J connectivity index is 2.31. The number of hydrogen-bond acceptors (Lipinski definition) is 2. The molecule has 0 heterocycles. The fraction of sp³-hybridized carbons (Fsp3) is 0.118. The lowest BCUT2D eigenvalue weighted by atomic mass is 10.0. The van der Waals surface area contributed by atoms with Crippen molar-refractivity contribution in [2.75, 3.05) is 7.11 Å². The van der Waals surface area contributed by atoms with Gasteiger partial charge in [-0.3, -0.25) is 0 Å². The van der Waals surface area contributed by atoms with Crippen LogP contribution in [0, 0.1) is 0 Å². The van der Waals surface area contributed by atoms with Gasteiger partial charge < -0.3 is 4.74 Å². The molecule has 0 N–H and O–H groups in total. The molecular weight excluding hydrogens is 396 g/mol. The van der Waals surface area contributed by atoms with Crippen molar-refractivity contribution in [2.45, 2.75) is 6.92 Å². The third-order valence-corrected chi connectivity index (χ3v) is 4.27. The Labute approximate surface area is 141 Å². The zero-order valence-corrected chi connectivity index (χ0v) is 14.9. The first-order chi connectivity index (χ1) is 10.0. The number of rotatable bonds is 3. The van der Waals surface area contributed by atoms with Gasteiger partial charge in [0.05, 0.1) is 7.11 Å². The lowest BCUT2D eigenvalue weighted by Crippen LogP contribution is -1.95. The zero-order chi connectivity index (χ0) is 15.4. The van der Waals surface area contributed by atoms with Gasteiger partial charge in [-0.1, -0.05) is 62.2 Å². The number of esters is 1. The summed E-state index contributed by atoms with van der Waals surface area (Å²) in [6.07, 6.45) is 1.49. The normalized spacial score (nSPS) is 11.3. The minimum absolute atomic E-state index is 0.341. The maximum absolute atomic E-state index is 11.3. The van der Waals surface area contributed by atoms with Crippen LogP contribution >= 0.6 is 31.9 Å². The second-order valence-corrected chi connectivity index (χ2v) is 6.32. The highest BCUT2D eigenvalue weighted by molar-refractivity contribution is 9.11. The Morgan fingerprint density at radius 2 is 1.76 bits per heavy atom. The van der Waals surface area contributed by atoms with Crippen molar-refractivity contribution in [1.82, 2.24) is 0 Å². The van der Waals surface area contributed by atoms with Crippen molar-refractivity contribution in [2.24, 2.45) is 0 Å². The van der Waals surface area contributed by atoms with E-state index in [1.807, 2.05) is 43.3 Å². The van der Waals surface area contributed by atoms with Crippen LogP contribution in [0.5, 0.6) is 0 Å². The van der Waals surface area contributed by atoms with Crippen molar-refractivity contribution >= 4 is 43.4 Å². The van der Waals surface area contributed by atoms with E-state index < -0.39 is 0 Å². The van der Waals surface area contributed by atoms with E-state index in [0.717, 1.165) is 31.2 Å². The summed E-state index contributed by atoms with van der Waals surface area (Å²) in [6.45, 7) is 1.89. The molecule has 0 fully saturated rings. The standard InChI is InChI=1S/C17H14Br2O2/c1-11(9-17(20)21-2)12-3-5-13(6-4-12)15-8-7-14(18)10-16(15)19/h3-10H,1-2H3. The minimum Gasteiger partial charge on any atom is -0.466 e. The smallest absolute Gasteiger partial charge is 0.330 e. The fourth-order valence-corrected chi connectivity index (χ4v) is 3.23. The Morgan fingerprint density at radius 3 is 2.33 bits per heavy atom. The molecule has 2 aromatic carbocycles. The van der Waals surface area contributed by atoms with Crippen LogP contribution in [-0.2, 0) is 9.53 Å². The molecule has 0 saturated heterocycles. The predicted molar refractivity (Wildman–Crippen MR) is 92.9 cm³/mol. The van der Waals surface area contributed by atoms with Gasteiger partial charge in [0.25, 0.3) is 0 Å². The average molecular weight is 410 g/mol. The van der Waals surface area contributed by atoms with E-state index in [1.165, 1.54) is 13.2 Å². The highest BCUT2D eigenvalue weighted by atomic mass is 79.9. The van der Waals surface area contributed by atoms with Gasteiger partial charge >= 0.3 is 5.97 Å². The second-order valence-electron chi connectivity index (χ2n) is 4.55. The van der Waals surface area contributed by atoms with Crippen molar-refractivity contribution in [1.29, 1.82) is 0 Å². The van der Waals surface area contributed by atoms with E-state index >= 15 is 0 Å². The second kappa shape index (κ2) is 7.05. The number of carbonyl (C=O) groups is 1. The predicted octanol–water partition coefficient (Wildman–Crippen LogP) is 5.45. The van der Waals surface area contributed by atoms with Crippen LogP contribution < -0.4 is 0 Å². The van der Waals surface area contributed by atoms with Crippen molar-refractivity contribution in [3.05, 3.63) is 63.0 Å². The Bertz CT molecular complexity index is 688. The molecule has 0 aliphatic carbocycles. The van der Waals surface area contributed by atoms with Crippen LogP contribution in [0.4, 0.5) is 0 Å². The molecule has 0 spiro atoms. The van der Waals surface area contributed by atoms with Gasteiger partial charge in [0, 0.05) is 15.0 Å². The van der Waals surface area contributed by atoms with Gasteiger partial charge in [-0.05, 0) is 41.3 Å². The lowest BCUT2D eigenvalue weighted by molar-refractivity contribution is -0.134. The monoisotopic (exact) mass is 408 g/mol. The van der Waals surface area contributed by atoms with E-state index in [-0.39, 0.29) is 5.97 Å². The molecule has 0 saturated carbocycles. The number of benzene rings is 2. The lowest BCUT2D eigenvalue weighted by Gasteiger charge is -2.07. The summed E-state index contributed by atoms with van der Waals surface area (Å²) in [7, 11) is 1.38. The van der Waals surface area contributed by atoms with E-state index in [2.05, 4.69) is 42.7 Å². The summed E-state index contributed by atoms with van der Waals surface area (Å²) in [6, 6.07) is 14.2. The van der Waals surface area contributed by atoms with E-state index in [1.54, 1.807) is 0 Å². The summed E-state index contributed by atoms with van der Waals surface area (Å²) < 4.78 is 6.70. The van der Waals surface area contributed by atoms with Crippen LogP contribution in [-0.4, -0.2) is 13.1 Å². The molecule has 0 unspecified atom stereocenters. The van der Waals surface area contributed by atoms with E-state index in [4.69, 9.17) is 0 Å². The number of hydrogen-bond donors (Lipinski definition) is 0. The van der Waals surface area contributed by atoms with Crippen LogP contribution in [0.3, 0.4) is 0 Å². The number of ether oxygens (including phenoxy) is 1. The molecule has 2 nitrogen and oxygen atoms in total. The number of allylic oxidation sites excluding steroid dienone is 1. The first-order valence-corrected chi connectivity index (χ1v) is 7.92. The summed E-state index contributed by atoms with van der Waals surface area (Å²) in [5, 5.41) is 0. The van der Waals surface area contributed by atoms with Crippen molar-refractivity contribution in [3.63, 3.8) is 0 Å². The number of halogens is 2. The molecule has 0 atom stereocenters. The molecule has 0 amide bonds. The van der Waals surface area contributed by atoms with Gasteiger partial charge in [0.15, 0.2) is 0 Å². The molecule has 2 aromatic rings. The molecule has 0 aliphatic rings. The largest absolute Gasteiger partial charge is 0.466 e. The molecule has 0 radical (unpaired) electrons. The van der Waals surface area contributed by atoms with E-state index in [9.17, 15) is 4.79 Å². The van der Waals surface area contributed by atoms with Crippen LogP contribution in [0.2, 0.25) is 0 Å². The average Bonchev–Trinajstić information content (AvgIpc) is 2.47. The summed E-state index contributed by atoms with van der Waals surface area (Å²) in [5.74, 6) is -0.341. The summed E-state index contributed by atoms with van der Waals surface area (Å²) in [5.41, 5.74) is 4.11. The number of methoxy groups -OCH3 is 1. The quantitative estimate of drug-likeness (QED) is 0.497. The van der Waals surface area contributed by atoms with Gasteiger partial charge in [0.1, 0.15) is 0 Å². The van der Waals surface area contributed by atoms with Crippen LogP contribution in [0.1, 0.15) is 12.5 Å². The Morgan fingerprint density at radius 1 is 1.10 bits per heavy atom. The highest BCUT2D eigenvalue weighted by Crippen LogP contribution is 2.31. The van der Waals surface area contributed by atoms with Gasteiger partial charge in [-0.15, -0.1) is 0 Å². The molecule has 108 valence electrons. The van der Waals surface area contributed by atoms with Crippen LogP contribution in [0.15, 0.2) is 57.5 Å². The molecule has 0 aliphatic heterocycles. The molecule has 4 heteroatoms. The van der Waals surface area contributed by atoms with Crippen molar-refractivity contribution in [3.8, 4) is 11.1 Å². The SMILES string of the molecule is COC(=O)C=C(C)c1ccc(-c2ccc(Br)cc2Br)cc1. The highest BCUT2D eigenvalue weighted by Gasteiger charge is 2.05. The van der Waals surface area contributed by atoms with Crippen molar-refractivity contribution < 1.29 is 9.53 Å². The van der Waals surface area contributed by atoms with Gasteiger partial charge in [-0.25, -0.2) is 4.79 Å². The fourth-order valence-electron chi connectivity index (χ4n) is 1.96. The first kappa shape index (κ1) is 16.0. The maximum Gasteiger partial charge on any atom is 0.330 e. The Kier molecular flexibility index (Phi) is 5.37. The van der Waals surface area contributed by atoms with E-state index in [0.29, 0.717) is 0 Å². The third-order valence-electron chi connectivity index (χ3n) is 3.12. The summed E-state index contributed by atoms with van der Waals surface area (Å²) in [4.78, 5) is 11.3. The summed E-state index contributed by atoms with van der Waals surface area (Å²) >= 11 is 7.02. The molecular formula is C17H14Br2O2. The molecule has 0 aromatic heterocycles. The maximum atomic E-state index is 11.3. The molecule has 0 bridgehead atoms. The van der Waals surface area contributed by atoms with Crippen LogP contribution in [0.25, 0.3) is 16.7 Å². The Hall–Kier alpha value is -1.39. The first-order valence-electron chi connectivity index (χ1n) is 6.33. The van der Waals surface area contributed by atoms with Gasteiger partial charge in [0.2, 0.25) is 0 Å². The topological polar surface area (TPSA) is 26.3 Å². The van der Waals surface area contributed by atoms with Gasteiger partial charge in [-0.2, -0.15) is 0 Å². The number of carbonyl (C=O) groups excluding carboxylic acids is 1. The third kappa shape index (κ3) is 4.05. The molecule has 2 rings (SSSR count). The molecule has 21 heavy (non-hydrogen) atoms. The minimum atomic E-state index is -0.341.